The monoisotopic (exact) mass is 628 g/mol. The van der Waals surface area contributed by atoms with Crippen molar-refractivity contribution in [3.05, 3.63) is 69.7 Å². The smallest absolute Gasteiger partial charge is 0.230 e. The van der Waals surface area contributed by atoms with Gasteiger partial charge in [0.15, 0.2) is 0 Å². The highest BCUT2D eigenvalue weighted by Crippen LogP contribution is 2.43. The van der Waals surface area contributed by atoms with E-state index in [1.165, 1.54) is 46.9 Å². The van der Waals surface area contributed by atoms with Gasteiger partial charge in [-0.2, -0.15) is 0 Å². The second kappa shape index (κ2) is 13.0. The van der Waals surface area contributed by atoms with Crippen LogP contribution in [0.4, 0.5) is 21.6 Å². The first-order valence-corrected chi connectivity index (χ1v) is 17.1. The average molecular weight is 629 g/mol. The van der Waals surface area contributed by atoms with Crippen LogP contribution < -0.4 is 20.4 Å². The summed E-state index contributed by atoms with van der Waals surface area (Å²) in [6.45, 7) is 4.32. The normalized spacial score (nSPS) is 19.6. The lowest BCUT2D eigenvalue weighted by Crippen LogP contribution is -2.36. The van der Waals surface area contributed by atoms with Crippen LogP contribution in [0.5, 0.6) is 0 Å². The van der Waals surface area contributed by atoms with Crippen molar-refractivity contribution in [2.24, 2.45) is 0 Å². The molecule has 44 heavy (non-hydrogen) atoms. The van der Waals surface area contributed by atoms with Crippen LogP contribution in [0.2, 0.25) is 0 Å². The summed E-state index contributed by atoms with van der Waals surface area (Å²) in [5, 5.41) is 26.4. The molecule has 10 nitrogen and oxygen atoms in total. The molecule has 4 aromatic rings. The number of aromatic nitrogens is 4. The molecule has 3 aliphatic rings. The molecule has 2 amide bonds. The van der Waals surface area contributed by atoms with Crippen molar-refractivity contribution in [3.8, 4) is 0 Å². The second-order valence-corrected chi connectivity index (χ2v) is 13.9. The molecule has 0 radical (unpaired) electrons. The predicted octanol–water partition coefficient (Wildman–Crippen LogP) is 5.61. The van der Waals surface area contributed by atoms with Crippen molar-refractivity contribution in [1.82, 2.24) is 20.4 Å². The Balaban J connectivity index is 0.913. The molecule has 4 heterocycles. The number of carbonyl (C=O) groups is 2. The van der Waals surface area contributed by atoms with Crippen LogP contribution in [-0.4, -0.2) is 58.4 Å². The minimum atomic E-state index is -0.0812. The zero-order valence-electron chi connectivity index (χ0n) is 24.6. The number of nitrogens with zero attached hydrogens (tertiary/aromatic N) is 6. The predicted molar refractivity (Wildman–Crippen MR) is 175 cm³/mol. The van der Waals surface area contributed by atoms with Gasteiger partial charge in [0.05, 0.1) is 12.8 Å². The van der Waals surface area contributed by atoms with E-state index in [1.54, 1.807) is 0 Å². The maximum Gasteiger partial charge on any atom is 0.230 e. The number of amides is 2. The van der Waals surface area contributed by atoms with Gasteiger partial charge in [-0.3, -0.25) is 9.59 Å². The van der Waals surface area contributed by atoms with Gasteiger partial charge in [0.1, 0.15) is 10.0 Å². The summed E-state index contributed by atoms with van der Waals surface area (Å²) >= 11 is 2.93. The highest BCUT2D eigenvalue weighted by Gasteiger charge is 2.29. The van der Waals surface area contributed by atoms with Crippen molar-refractivity contribution in [1.29, 1.82) is 0 Å². The molecular weight excluding hydrogens is 593 g/mol. The Morgan fingerprint density at radius 1 is 0.682 bits per heavy atom. The number of anilines is 4. The summed E-state index contributed by atoms with van der Waals surface area (Å²) in [7, 11) is 0. The van der Waals surface area contributed by atoms with Crippen LogP contribution in [0.25, 0.3) is 0 Å². The van der Waals surface area contributed by atoms with Crippen LogP contribution in [0.1, 0.15) is 71.5 Å². The Hall–Kier alpha value is -3.90. The Kier molecular flexibility index (Phi) is 8.52. The van der Waals surface area contributed by atoms with Gasteiger partial charge in [-0.05, 0) is 67.5 Å². The first kappa shape index (κ1) is 28.8. The molecular formula is C32H36N8O2S2. The highest BCUT2D eigenvalue weighted by atomic mass is 32.1. The zero-order valence-corrected chi connectivity index (χ0v) is 26.2. The molecule has 228 valence electrons. The van der Waals surface area contributed by atoms with Gasteiger partial charge in [0, 0.05) is 49.4 Å². The third-order valence-electron chi connectivity index (χ3n) is 8.74. The molecule has 1 aliphatic carbocycles. The van der Waals surface area contributed by atoms with E-state index in [-0.39, 0.29) is 23.7 Å². The van der Waals surface area contributed by atoms with E-state index >= 15 is 0 Å². The number of benzene rings is 2. The summed E-state index contributed by atoms with van der Waals surface area (Å²) < 4.78 is 0. The number of rotatable bonds is 10. The number of hydrogen-bond acceptors (Lipinski definition) is 10. The van der Waals surface area contributed by atoms with E-state index in [0.717, 1.165) is 73.0 Å². The lowest BCUT2D eigenvalue weighted by atomic mass is 9.82. The highest BCUT2D eigenvalue weighted by molar-refractivity contribution is 7.15. The average Bonchev–Trinajstić information content (AvgIpc) is 3.62. The van der Waals surface area contributed by atoms with E-state index in [2.05, 4.69) is 65.1 Å². The lowest BCUT2D eigenvalue weighted by molar-refractivity contribution is -0.116. The molecule has 1 saturated carbocycles. The molecule has 0 bridgehead atoms. The molecule has 0 spiro atoms. The molecule has 2 aliphatic heterocycles. The van der Waals surface area contributed by atoms with Crippen LogP contribution in [-0.2, 0) is 22.4 Å². The standard InChI is InChI=1S/C32H36N8O2S2/c41-27(18-21-6-1-10-25(16-21)39-12-4-13-39)33-31-37-35-29(43-31)23-8-3-9-24(20-23)30-36-38-32(44-30)34-28(42)19-22-7-2-11-26(17-22)40-14-5-15-40/h1-2,6-7,10-11,16-17,23-24H,3-5,8-9,12-15,18-20H2,(H,33,37,41)(H,34,38,42). The minimum absolute atomic E-state index is 0.0812. The van der Waals surface area contributed by atoms with Crippen molar-refractivity contribution < 1.29 is 9.59 Å². The van der Waals surface area contributed by atoms with Gasteiger partial charge in [0.25, 0.3) is 0 Å². The number of nitrogens with one attached hydrogen (secondary N) is 2. The van der Waals surface area contributed by atoms with Crippen LogP contribution in [0.3, 0.4) is 0 Å². The maximum atomic E-state index is 12.8. The van der Waals surface area contributed by atoms with Gasteiger partial charge < -0.3 is 20.4 Å². The molecule has 3 fully saturated rings. The Morgan fingerprint density at radius 2 is 1.16 bits per heavy atom. The SMILES string of the molecule is O=C(Cc1cccc(N2CCC2)c1)Nc1nnc(C2CCCC(c3nnc(NC(=O)Cc4cccc(N5CCC5)c4)s3)C2)s1. The van der Waals surface area contributed by atoms with E-state index in [4.69, 9.17) is 0 Å². The van der Waals surface area contributed by atoms with E-state index in [9.17, 15) is 9.59 Å². The number of carbonyl (C=O) groups excluding carboxylic acids is 2. The van der Waals surface area contributed by atoms with Gasteiger partial charge in [-0.1, -0.05) is 53.4 Å². The quantitative estimate of drug-likeness (QED) is 0.233. The largest absolute Gasteiger partial charge is 0.371 e. The third kappa shape index (κ3) is 6.76. The molecule has 7 rings (SSSR count). The Morgan fingerprint density at radius 3 is 1.59 bits per heavy atom. The molecule has 2 unspecified atom stereocenters. The van der Waals surface area contributed by atoms with Gasteiger partial charge in [-0.15, -0.1) is 20.4 Å². The van der Waals surface area contributed by atoms with E-state index in [1.807, 2.05) is 24.3 Å². The summed E-state index contributed by atoms with van der Waals surface area (Å²) in [4.78, 5) is 30.2. The number of hydrogen-bond donors (Lipinski definition) is 2. The molecule has 2 atom stereocenters. The maximum absolute atomic E-state index is 12.8. The minimum Gasteiger partial charge on any atom is -0.371 e. The Bertz CT molecular complexity index is 1510. The summed E-state index contributed by atoms with van der Waals surface area (Å²) in [5.41, 5.74) is 4.35. The second-order valence-electron chi connectivity index (χ2n) is 11.9. The topological polar surface area (TPSA) is 116 Å². The Labute approximate surface area is 264 Å². The fourth-order valence-corrected chi connectivity index (χ4v) is 7.93. The molecule has 12 heteroatoms. The van der Waals surface area contributed by atoms with Crippen LogP contribution in [0.15, 0.2) is 48.5 Å². The van der Waals surface area contributed by atoms with Crippen LogP contribution in [0, 0.1) is 0 Å². The van der Waals surface area contributed by atoms with Crippen LogP contribution >= 0.6 is 22.7 Å². The fraction of sp³-hybridized carbons (Fsp3) is 0.438. The molecule has 2 N–H and O–H groups in total. The lowest BCUT2D eigenvalue weighted by Gasteiger charge is -2.33. The fourth-order valence-electron chi connectivity index (χ4n) is 6.11. The van der Waals surface area contributed by atoms with E-state index < -0.39 is 0 Å². The van der Waals surface area contributed by atoms with Gasteiger partial charge in [0.2, 0.25) is 22.1 Å². The molecule has 2 aromatic heterocycles. The van der Waals surface area contributed by atoms with E-state index in [0.29, 0.717) is 23.1 Å². The molecule has 2 saturated heterocycles. The third-order valence-corrected chi connectivity index (χ3v) is 10.7. The van der Waals surface area contributed by atoms with Gasteiger partial charge >= 0.3 is 0 Å². The van der Waals surface area contributed by atoms with Crippen molar-refractivity contribution in [2.45, 2.75) is 63.2 Å². The van der Waals surface area contributed by atoms with Crippen molar-refractivity contribution in [2.75, 3.05) is 46.6 Å². The zero-order chi connectivity index (χ0) is 29.9. The first-order chi connectivity index (χ1) is 21.6. The van der Waals surface area contributed by atoms with Crippen molar-refractivity contribution in [3.63, 3.8) is 0 Å². The van der Waals surface area contributed by atoms with Crippen molar-refractivity contribution >= 4 is 56.1 Å². The summed E-state index contributed by atoms with van der Waals surface area (Å²) in [6.07, 6.45) is 7.08. The molecule has 2 aromatic carbocycles. The first-order valence-electron chi connectivity index (χ1n) is 15.5. The summed E-state index contributed by atoms with van der Waals surface area (Å²) in [6, 6.07) is 16.4. The van der Waals surface area contributed by atoms with Gasteiger partial charge in [-0.25, -0.2) is 0 Å². The summed E-state index contributed by atoms with van der Waals surface area (Å²) in [5.74, 6) is 0.348.